The van der Waals surface area contributed by atoms with Gasteiger partial charge in [0, 0.05) is 10.2 Å². The molecule has 3 nitrogen and oxygen atoms in total. The summed E-state index contributed by atoms with van der Waals surface area (Å²) in [4.78, 5) is 11.3. The van der Waals surface area contributed by atoms with Crippen molar-refractivity contribution in [2.45, 2.75) is 25.3 Å². The lowest BCUT2D eigenvalue weighted by Gasteiger charge is -2.44. The Morgan fingerprint density at radius 2 is 2.24 bits per heavy atom. The third kappa shape index (κ3) is 2.43. The SMILES string of the molecule is CC1CC(Nc2ccc(Cl)c(Br)c2)(C(=O)O)C1. The third-order valence-electron chi connectivity index (χ3n) is 3.11. The van der Waals surface area contributed by atoms with E-state index in [9.17, 15) is 9.90 Å². The van der Waals surface area contributed by atoms with Gasteiger partial charge in [-0.3, -0.25) is 0 Å². The second-order valence-corrected chi connectivity index (χ2v) is 5.92. The van der Waals surface area contributed by atoms with Crippen molar-refractivity contribution in [3.63, 3.8) is 0 Å². The molecule has 1 aliphatic carbocycles. The van der Waals surface area contributed by atoms with E-state index in [2.05, 4.69) is 28.2 Å². The lowest BCUT2D eigenvalue weighted by molar-refractivity contribution is -0.147. The molecule has 2 rings (SSSR count). The zero-order chi connectivity index (χ0) is 12.6. The average Bonchev–Trinajstić information content (AvgIpc) is 2.20. The Hall–Kier alpha value is -0.740. The van der Waals surface area contributed by atoms with Gasteiger partial charge in [0.2, 0.25) is 0 Å². The van der Waals surface area contributed by atoms with E-state index in [4.69, 9.17) is 11.6 Å². The van der Waals surface area contributed by atoms with Crippen LogP contribution in [-0.2, 0) is 4.79 Å². The van der Waals surface area contributed by atoms with Crippen LogP contribution in [0.2, 0.25) is 5.02 Å². The summed E-state index contributed by atoms with van der Waals surface area (Å²) in [6.45, 7) is 2.06. The van der Waals surface area contributed by atoms with Gasteiger partial charge in [-0.05, 0) is 52.9 Å². The van der Waals surface area contributed by atoms with E-state index < -0.39 is 11.5 Å². The third-order valence-corrected chi connectivity index (χ3v) is 4.32. The number of halogens is 2. The fourth-order valence-electron chi connectivity index (χ4n) is 2.31. The molecule has 0 heterocycles. The van der Waals surface area contributed by atoms with Gasteiger partial charge in [0.1, 0.15) is 5.54 Å². The van der Waals surface area contributed by atoms with Gasteiger partial charge < -0.3 is 10.4 Å². The number of rotatable bonds is 3. The first-order valence-corrected chi connectivity index (χ1v) is 6.57. The highest BCUT2D eigenvalue weighted by atomic mass is 79.9. The van der Waals surface area contributed by atoms with Gasteiger partial charge in [0.25, 0.3) is 0 Å². The summed E-state index contributed by atoms with van der Waals surface area (Å²) in [6, 6.07) is 5.34. The van der Waals surface area contributed by atoms with Crippen LogP contribution in [-0.4, -0.2) is 16.6 Å². The van der Waals surface area contributed by atoms with Crippen LogP contribution in [0.15, 0.2) is 22.7 Å². The predicted octanol–water partition coefficient (Wildman–Crippen LogP) is 3.77. The normalized spacial score (nSPS) is 27.4. The van der Waals surface area contributed by atoms with Crippen molar-refractivity contribution < 1.29 is 9.90 Å². The molecule has 1 aromatic carbocycles. The molecule has 0 aromatic heterocycles. The number of aliphatic carboxylic acids is 1. The van der Waals surface area contributed by atoms with Crippen molar-refractivity contribution in [2.75, 3.05) is 5.32 Å². The number of carboxylic acids is 1. The van der Waals surface area contributed by atoms with Crippen LogP contribution in [0.3, 0.4) is 0 Å². The topological polar surface area (TPSA) is 49.3 Å². The summed E-state index contributed by atoms with van der Waals surface area (Å²) < 4.78 is 0.761. The Balaban J connectivity index is 2.19. The van der Waals surface area contributed by atoms with Gasteiger partial charge in [-0.2, -0.15) is 0 Å². The van der Waals surface area contributed by atoms with E-state index in [1.54, 1.807) is 18.2 Å². The maximum atomic E-state index is 11.3. The predicted molar refractivity (Wildman–Crippen MR) is 71.5 cm³/mol. The number of benzene rings is 1. The second kappa shape index (κ2) is 4.50. The maximum Gasteiger partial charge on any atom is 0.329 e. The molecule has 0 unspecified atom stereocenters. The summed E-state index contributed by atoms with van der Waals surface area (Å²) in [6.07, 6.45) is 1.31. The minimum atomic E-state index is -0.813. The Kier molecular flexibility index (Phi) is 3.36. The monoisotopic (exact) mass is 317 g/mol. The number of hydrogen-bond acceptors (Lipinski definition) is 2. The van der Waals surface area contributed by atoms with E-state index in [1.807, 2.05) is 0 Å². The zero-order valence-corrected chi connectivity index (χ0v) is 11.7. The van der Waals surface area contributed by atoms with E-state index in [-0.39, 0.29) is 0 Å². The van der Waals surface area contributed by atoms with Gasteiger partial charge in [-0.1, -0.05) is 18.5 Å². The number of nitrogens with one attached hydrogen (secondary N) is 1. The molecule has 5 heteroatoms. The van der Waals surface area contributed by atoms with E-state index in [1.165, 1.54) is 0 Å². The Labute approximate surface area is 113 Å². The molecule has 17 heavy (non-hydrogen) atoms. The Morgan fingerprint density at radius 1 is 1.59 bits per heavy atom. The second-order valence-electron chi connectivity index (χ2n) is 4.65. The van der Waals surface area contributed by atoms with Crippen LogP contribution in [0.25, 0.3) is 0 Å². The summed E-state index contributed by atoms with van der Waals surface area (Å²) in [5, 5.41) is 13.0. The number of hydrogen-bond donors (Lipinski definition) is 2. The van der Waals surface area contributed by atoms with Crippen molar-refractivity contribution in [1.82, 2.24) is 0 Å². The fourth-order valence-corrected chi connectivity index (χ4v) is 2.81. The minimum Gasteiger partial charge on any atom is -0.480 e. The first-order chi connectivity index (χ1) is 7.93. The van der Waals surface area contributed by atoms with Gasteiger partial charge in [-0.25, -0.2) is 4.79 Å². The zero-order valence-electron chi connectivity index (χ0n) is 9.34. The summed E-state index contributed by atoms with van der Waals surface area (Å²) in [5.74, 6) is -0.337. The van der Waals surface area contributed by atoms with Crippen molar-refractivity contribution in [2.24, 2.45) is 5.92 Å². The van der Waals surface area contributed by atoms with Crippen molar-refractivity contribution in [3.8, 4) is 0 Å². The smallest absolute Gasteiger partial charge is 0.329 e. The Morgan fingerprint density at radius 3 is 2.71 bits per heavy atom. The van der Waals surface area contributed by atoms with Crippen LogP contribution in [0, 0.1) is 5.92 Å². The molecule has 0 bridgehead atoms. The number of anilines is 1. The molecule has 0 spiro atoms. The fraction of sp³-hybridized carbons (Fsp3) is 0.417. The summed E-state index contributed by atoms with van der Waals surface area (Å²) in [7, 11) is 0. The highest BCUT2D eigenvalue weighted by Gasteiger charge is 2.48. The summed E-state index contributed by atoms with van der Waals surface area (Å²) in [5.41, 5.74) is -0.0391. The maximum absolute atomic E-state index is 11.3. The highest BCUT2D eigenvalue weighted by Crippen LogP contribution is 2.41. The van der Waals surface area contributed by atoms with Crippen molar-refractivity contribution in [1.29, 1.82) is 0 Å². The molecule has 92 valence electrons. The van der Waals surface area contributed by atoms with Crippen LogP contribution in [0.4, 0.5) is 5.69 Å². The van der Waals surface area contributed by atoms with Gasteiger partial charge in [0.05, 0.1) is 5.02 Å². The molecule has 1 aromatic rings. The van der Waals surface area contributed by atoms with Gasteiger partial charge in [-0.15, -0.1) is 0 Å². The molecule has 0 atom stereocenters. The van der Waals surface area contributed by atoms with Crippen LogP contribution in [0.5, 0.6) is 0 Å². The first-order valence-electron chi connectivity index (χ1n) is 5.39. The van der Waals surface area contributed by atoms with Gasteiger partial charge in [0.15, 0.2) is 0 Å². The Bertz CT molecular complexity index is 458. The first kappa shape index (κ1) is 12.7. The minimum absolute atomic E-state index is 0.453. The highest BCUT2D eigenvalue weighted by molar-refractivity contribution is 9.10. The van der Waals surface area contributed by atoms with Crippen molar-refractivity contribution in [3.05, 3.63) is 27.7 Å². The molecular weight excluding hydrogens is 305 g/mol. The number of carbonyl (C=O) groups is 1. The quantitative estimate of drug-likeness (QED) is 0.892. The summed E-state index contributed by atoms with van der Waals surface area (Å²) >= 11 is 9.22. The lowest BCUT2D eigenvalue weighted by Crippen LogP contribution is -2.55. The largest absolute Gasteiger partial charge is 0.480 e. The average molecular weight is 319 g/mol. The van der Waals surface area contributed by atoms with Crippen LogP contribution >= 0.6 is 27.5 Å². The molecular formula is C12H13BrClNO2. The molecule has 1 fully saturated rings. The molecule has 0 aliphatic heterocycles. The van der Waals surface area contributed by atoms with Crippen LogP contribution in [0.1, 0.15) is 19.8 Å². The molecule has 1 aliphatic rings. The molecule has 2 N–H and O–H groups in total. The standard InChI is InChI=1S/C12H13BrClNO2/c1-7-5-12(6-7,11(16)17)15-8-2-3-10(14)9(13)4-8/h2-4,7,15H,5-6H2,1H3,(H,16,17). The molecule has 0 saturated heterocycles. The van der Waals surface area contributed by atoms with E-state index in [0.717, 1.165) is 10.2 Å². The molecule has 0 amide bonds. The van der Waals surface area contributed by atoms with Crippen molar-refractivity contribution >= 4 is 39.2 Å². The lowest BCUT2D eigenvalue weighted by atomic mass is 9.69. The molecule has 0 radical (unpaired) electrons. The van der Waals surface area contributed by atoms with Crippen LogP contribution < -0.4 is 5.32 Å². The van der Waals surface area contributed by atoms with E-state index >= 15 is 0 Å². The number of carboxylic acid groups (broad SMARTS) is 1. The van der Waals surface area contributed by atoms with E-state index in [0.29, 0.717) is 23.8 Å². The van der Waals surface area contributed by atoms with Gasteiger partial charge >= 0.3 is 5.97 Å². The molecule has 1 saturated carbocycles.